The summed E-state index contributed by atoms with van der Waals surface area (Å²) in [5, 5.41) is 12.7. The first kappa shape index (κ1) is 18.7. The fraction of sp³-hybridized carbons (Fsp3) is 0.952. The Morgan fingerprint density at radius 3 is 1.77 bits per heavy atom. The highest BCUT2D eigenvalue weighted by Gasteiger charge is 2.36. The van der Waals surface area contributed by atoms with Crippen LogP contribution in [0.15, 0.2) is 0 Å². The van der Waals surface area contributed by atoms with Crippen LogP contribution in [-0.4, -0.2) is 65.8 Å². The predicted octanol–water partition coefficient (Wildman–Crippen LogP) is 2.76. The van der Waals surface area contributed by atoms with Crippen molar-refractivity contribution in [3.05, 3.63) is 0 Å². The molecule has 0 radical (unpaired) electrons. The molecule has 2 heterocycles. The Balaban J connectivity index is 1.20. The minimum atomic E-state index is -0.586. The van der Waals surface area contributed by atoms with Crippen LogP contribution in [0, 0.1) is 17.8 Å². The van der Waals surface area contributed by atoms with E-state index in [0.717, 1.165) is 50.2 Å². The fourth-order valence-electron chi connectivity index (χ4n) is 6.17. The van der Waals surface area contributed by atoms with Gasteiger partial charge in [0, 0.05) is 25.2 Å². The average Bonchev–Trinajstić information content (AvgIpc) is 3.19. The van der Waals surface area contributed by atoms with Crippen LogP contribution >= 0.6 is 0 Å². The van der Waals surface area contributed by atoms with E-state index in [0.29, 0.717) is 6.04 Å². The van der Waals surface area contributed by atoms with Crippen molar-refractivity contribution in [2.45, 2.75) is 76.3 Å². The Labute approximate surface area is 158 Å². The molecule has 5 heteroatoms. The lowest BCUT2D eigenvalue weighted by atomic mass is 9.74. The standard InChI is InChI=1S/C21H37N3O2/c25-21(26)18-3-7-20(8-4-18)24-14-13-23(15-24)19-5-1-16(2-6-19)17-9-11-22-12-10-17/h16-20,22H,1-15H2,(H,25,26). The van der Waals surface area contributed by atoms with Gasteiger partial charge >= 0.3 is 5.97 Å². The molecule has 5 nitrogen and oxygen atoms in total. The van der Waals surface area contributed by atoms with Crippen molar-refractivity contribution in [1.82, 2.24) is 15.1 Å². The van der Waals surface area contributed by atoms with E-state index in [4.69, 9.17) is 0 Å². The molecule has 0 spiro atoms. The van der Waals surface area contributed by atoms with Crippen LogP contribution < -0.4 is 5.32 Å². The molecule has 2 N–H and O–H groups in total. The molecule has 148 valence electrons. The Morgan fingerprint density at radius 1 is 0.731 bits per heavy atom. The topological polar surface area (TPSA) is 55.8 Å². The zero-order chi connectivity index (χ0) is 17.9. The van der Waals surface area contributed by atoms with Gasteiger partial charge in [-0.2, -0.15) is 0 Å². The van der Waals surface area contributed by atoms with Gasteiger partial charge in [0.25, 0.3) is 0 Å². The molecule has 0 amide bonds. The quantitative estimate of drug-likeness (QED) is 0.804. The maximum Gasteiger partial charge on any atom is 0.306 e. The molecule has 0 aromatic heterocycles. The minimum Gasteiger partial charge on any atom is -0.481 e. The maximum atomic E-state index is 11.2. The molecule has 0 unspecified atom stereocenters. The second-order valence-corrected chi connectivity index (χ2v) is 9.27. The van der Waals surface area contributed by atoms with Gasteiger partial charge in [0.2, 0.25) is 0 Å². The molecule has 4 rings (SSSR count). The number of hydrogen-bond donors (Lipinski definition) is 2. The highest BCUT2D eigenvalue weighted by molar-refractivity contribution is 5.70. The van der Waals surface area contributed by atoms with Crippen molar-refractivity contribution >= 4 is 5.97 Å². The molecule has 26 heavy (non-hydrogen) atoms. The minimum absolute atomic E-state index is 0.0878. The van der Waals surface area contributed by atoms with Gasteiger partial charge in [0.1, 0.15) is 0 Å². The highest BCUT2D eigenvalue weighted by Crippen LogP contribution is 2.37. The molecule has 2 aliphatic carbocycles. The first-order valence-electron chi connectivity index (χ1n) is 11.1. The largest absolute Gasteiger partial charge is 0.481 e. The van der Waals surface area contributed by atoms with E-state index in [1.165, 1.54) is 64.7 Å². The molecule has 0 bridgehead atoms. The van der Waals surface area contributed by atoms with Crippen LogP contribution in [0.4, 0.5) is 0 Å². The molecule has 4 fully saturated rings. The second-order valence-electron chi connectivity index (χ2n) is 9.27. The zero-order valence-corrected chi connectivity index (χ0v) is 16.2. The number of hydrogen-bond acceptors (Lipinski definition) is 4. The average molecular weight is 364 g/mol. The Bertz CT molecular complexity index is 464. The molecular formula is C21H37N3O2. The smallest absolute Gasteiger partial charge is 0.306 e. The van der Waals surface area contributed by atoms with Crippen LogP contribution in [0.2, 0.25) is 0 Å². The van der Waals surface area contributed by atoms with Gasteiger partial charge in [-0.15, -0.1) is 0 Å². The summed E-state index contributed by atoms with van der Waals surface area (Å²) in [6, 6.07) is 1.43. The van der Waals surface area contributed by atoms with Gasteiger partial charge in [-0.1, -0.05) is 0 Å². The summed E-state index contributed by atoms with van der Waals surface area (Å²) in [5.74, 6) is 1.29. The van der Waals surface area contributed by atoms with Crippen molar-refractivity contribution in [2.75, 3.05) is 32.8 Å². The van der Waals surface area contributed by atoms with Crippen LogP contribution in [0.3, 0.4) is 0 Å². The lowest BCUT2D eigenvalue weighted by molar-refractivity contribution is -0.143. The van der Waals surface area contributed by atoms with E-state index in [9.17, 15) is 9.90 Å². The molecule has 4 aliphatic rings. The highest BCUT2D eigenvalue weighted by atomic mass is 16.4. The Hall–Kier alpha value is -0.650. The summed E-state index contributed by atoms with van der Waals surface area (Å²) in [7, 11) is 0. The van der Waals surface area contributed by atoms with Crippen molar-refractivity contribution in [2.24, 2.45) is 17.8 Å². The number of carboxylic acids is 1. The number of aliphatic carboxylic acids is 1. The lowest BCUT2D eigenvalue weighted by Gasteiger charge is -2.39. The number of rotatable bonds is 4. The summed E-state index contributed by atoms with van der Waals surface area (Å²) < 4.78 is 0. The fourth-order valence-corrected chi connectivity index (χ4v) is 6.17. The van der Waals surface area contributed by atoms with E-state index in [1.54, 1.807) is 0 Å². The molecule has 0 atom stereocenters. The van der Waals surface area contributed by atoms with Crippen molar-refractivity contribution in [3.8, 4) is 0 Å². The molecule has 2 saturated carbocycles. The summed E-state index contributed by atoms with van der Waals surface area (Å²) in [4.78, 5) is 16.5. The van der Waals surface area contributed by atoms with Crippen molar-refractivity contribution < 1.29 is 9.90 Å². The van der Waals surface area contributed by atoms with Gasteiger partial charge in [-0.3, -0.25) is 14.6 Å². The molecule has 0 aromatic rings. The third kappa shape index (κ3) is 4.26. The number of carbonyl (C=O) groups is 1. The molecular weight excluding hydrogens is 326 g/mol. The van der Waals surface area contributed by atoms with Gasteiger partial charge in [-0.05, 0) is 89.1 Å². The Morgan fingerprint density at radius 2 is 1.23 bits per heavy atom. The van der Waals surface area contributed by atoms with E-state index in [1.807, 2.05) is 0 Å². The lowest BCUT2D eigenvalue weighted by Crippen LogP contribution is -2.42. The van der Waals surface area contributed by atoms with Crippen LogP contribution in [0.5, 0.6) is 0 Å². The number of nitrogens with one attached hydrogen (secondary N) is 1. The van der Waals surface area contributed by atoms with Gasteiger partial charge in [0.05, 0.1) is 12.6 Å². The summed E-state index contributed by atoms with van der Waals surface area (Å²) in [5.41, 5.74) is 0. The number of nitrogens with zero attached hydrogens (tertiary/aromatic N) is 2. The van der Waals surface area contributed by atoms with Crippen LogP contribution in [0.1, 0.15) is 64.2 Å². The molecule has 0 aromatic carbocycles. The number of piperidine rings is 1. The summed E-state index contributed by atoms with van der Waals surface area (Å²) in [6.45, 7) is 6.01. The third-order valence-electron chi connectivity index (χ3n) is 7.91. The van der Waals surface area contributed by atoms with Gasteiger partial charge < -0.3 is 10.4 Å². The van der Waals surface area contributed by atoms with E-state index < -0.39 is 5.97 Å². The number of carboxylic acid groups (broad SMARTS) is 1. The normalized spacial score (nSPS) is 38.5. The van der Waals surface area contributed by atoms with Crippen LogP contribution in [0.25, 0.3) is 0 Å². The first-order valence-corrected chi connectivity index (χ1v) is 11.1. The SMILES string of the molecule is O=C(O)C1CCC(N2CCN(C3CCC(C4CCNCC4)CC3)C2)CC1. The Kier molecular flexibility index (Phi) is 6.17. The monoisotopic (exact) mass is 363 g/mol. The van der Waals surface area contributed by atoms with Gasteiger partial charge in [-0.25, -0.2) is 0 Å². The van der Waals surface area contributed by atoms with E-state index in [-0.39, 0.29) is 5.92 Å². The van der Waals surface area contributed by atoms with E-state index in [2.05, 4.69) is 15.1 Å². The van der Waals surface area contributed by atoms with Crippen molar-refractivity contribution in [1.29, 1.82) is 0 Å². The molecule has 2 saturated heterocycles. The third-order valence-corrected chi connectivity index (χ3v) is 7.91. The van der Waals surface area contributed by atoms with Crippen molar-refractivity contribution in [3.63, 3.8) is 0 Å². The second kappa shape index (κ2) is 8.57. The van der Waals surface area contributed by atoms with E-state index >= 15 is 0 Å². The van der Waals surface area contributed by atoms with Gasteiger partial charge in [0.15, 0.2) is 0 Å². The zero-order valence-electron chi connectivity index (χ0n) is 16.2. The first-order chi connectivity index (χ1) is 12.7. The maximum absolute atomic E-state index is 11.2. The van der Waals surface area contributed by atoms with Crippen LogP contribution in [-0.2, 0) is 4.79 Å². The predicted molar refractivity (Wildman–Crippen MR) is 103 cm³/mol. The summed E-state index contributed by atoms with van der Waals surface area (Å²) >= 11 is 0. The summed E-state index contributed by atoms with van der Waals surface area (Å²) in [6.07, 6.45) is 12.4. The molecule has 2 aliphatic heterocycles.